The summed E-state index contributed by atoms with van der Waals surface area (Å²) in [4.78, 5) is 5.16. The van der Waals surface area contributed by atoms with Gasteiger partial charge in [-0.05, 0) is 31.9 Å². The van der Waals surface area contributed by atoms with Crippen LogP contribution in [-0.4, -0.2) is 52.8 Å². The smallest absolute Gasteiger partial charge is 0.211 e. The van der Waals surface area contributed by atoms with E-state index in [4.69, 9.17) is 4.74 Å². The van der Waals surface area contributed by atoms with Gasteiger partial charge in [0.05, 0.1) is 31.1 Å². The first-order valence-corrected chi connectivity index (χ1v) is 12.2. The van der Waals surface area contributed by atoms with Crippen molar-refractivity contribution in [2.75, 3.05) is 18.8 Å². The summed E-state index contributed by atoms with van der Waals surface area (Å²) < 4.78 is 34.6. The minimum atomic E-state index is -3.27. The Balaban J connectivity index is 1.38. The predicted molar refractivity (Wildman–Crippen MR) is 107 cm³/mol. The Labute approximate surface area is 169 Å². The first kappa shape index (κ1) is 20.0. The molecule has 2 aliphatic heterocycles. The highest BCUT2D eigenvalue weighted by molar-refractivity contribution is 7.89. The Kier molecular flexibility index (Phi) is 5.58. The minimum Gasteiger partial charge on any atom is -0.365 e. The van der Waals surface area contributed by atoms with Crippen molar-refractivity contribution in [3.8, 4) is 0 Å². The number of fused-ring (bicyclic) bond motifs is 1. The zero-order chi connectivity index (χ0) is 19.8. The van der Waals surface area contributed by atoms with Gasteiger partial charge in [-0.2, -0.15) is 0 Å². The molecule has 0 saturated carbocycles. The van der Waals surface area contributed by atoms with Crippen molar-refractivity contribution in [3.05, 3.63) is 33.3 Å². The van der Waals surface area contributed by atoms with Gasteiger partial charge in [-0.1, -0.05) is 12.1 Å². The molecule has 1 fully saturated rings. The van der Waals surface area contributed by atoms with Crippen LogP contribution in [0.2, 0.25) is 0 Å². The molecule has 1 atom stereocenters. The highest BCUT2D eigenvalue weighted by atomic mass is 32.2. The summed E-state index contributed by atoms with van der Waals surface area (Å²) in [5.41, 5.74) is 1.29. The Morgan fingerprint density at radius 1 is 1.36 bits per heavy atom. The third kappa shape index (κ3) is 4.30. The first-order valence-electron chi connectivity index (χ1n) is 9.68. The van der Waals surface area contributed by atoms with Gasteiger partial charge in [0.2, 0.25) is 10.0 Å². The second-order valence-electron chi connectivity index (χ2n) is 7.73. The monoisotopic (exact) mass is 425 g/mol. The van der Waals surface area contributed by atoms with Gasteiger partial charge in [-0.3, -0.25) is 4.90 Å². The van der Waals surface area contributed by atoms with E-state index in [0.29, 0.717) is 25.3 Å². The molecular formula is C18H27N5O3S2. The minimum absolute atomic E-state index is 0.121. The molecular weight excluding hydrogens is 398 g/mol. The SMILES string of the molecule is CCCS(=O)(=O)NCc1nnn2c1COC1(CCN(Cc3ccc(C)s3)C1)C2. The zero-order valence-corrected chi connectivity index (χ0v) is 18.0. The molecule has 1 spiro atoms. The third-order valence-corrected chi connectivity index (χ3v) is 7.89. The molecule has 28 heavy (non-hydrogen) atoms. The molecule has 2 aromatic rings. The summed E-state index contributed by atoms with van der Waals surface area (Å²) >= 11 is 1.85. The van der Waals surface area contributed by atoms with Crippen LogP contribution in [0.15, 0.2) is 12.1 Å². The van der Waals surface area contributed by atoms with E-state index in [-0.39, 0.29) is 17.9 Å². The molecule has 2 aromatic heterocycles. The number of ether oxygens (including phenoxy) is 1. The van der Waals surface area contributed by atoms with Crippen molar-refractivity contribution in [2.45, 2.75) is 58.5 Å². The van der Waals surface area contributed by atoms with Crippen molar-refractivity contribution in [2.24, 2.45) is 0 Å². The molecule has 0 amide bonds. The van der Waals surface area contributed by atoms with Crippen molar-refractivity contribution in [1.82, 2.24) is 24.6 Å². The number of aryl methyl sites for hydroxylation is 1. The predicted octanol–water partition coefficient (Wildman–Crippen LogP) is 1.65. The fraction of sp³-hybridized carbons (Fsp3) is 0.667. The Hall–Kier alpha value is -1.33. The van der Waals surface area contributed by atoms with Gasteiger partial charge in [-0.15, -0.1) is 16.4 Å². The lowest BCUT2D eigenvalue weighted by Crippen LogP contribution is -2.44. The zero-order valence-electron chi connectivity index (χ0n) is 16.3. The maximum Gasteiger partial charge on any atom is 0.211 e. The second-order valence-corrected chi connectivity index (χ2v) is 11.0. The highest BCUT2D eigenvalue weighted by Gasteiger charge is 2.43. The van der Waals surface area contributed by atoms with Crippen LogP contribution in [0.4, 0.5) is 0 Å². The standard InChI is InChI=1S/C18H27N5O3S2/c1-3-8-28(24,25)19-9-16-17-11-26-18(13-23(17)21-20-16)6-7-22(12-18)10-15-5-4-14(2)27-15/h4-5,19H,3,6-13H2,1-2H3. The lowest BCUT2D eigenvalue weighted by atomic mass is 10.0. The molecule has 4 rings (SSSR count). The van der Waals surface area contributed by atoms with Crippen LogP contribution in [-0.2, 0) is 41.0 Å². The highest BCUT2D eigenvalue weighted by Crippen LogP contribution is 2.34. The lowest BCUT2D eigenvalue weighted by molar-refractivity contribution is -0.0844. The topological polar surface area (TPSA) is 89.3 Å². The maximum atomic E-state index is 11.9. The average molecular weight is 426 g/mol. The number of thiophene rings is 1. The molecule has 0 aliphatic carbocycles. The summed E-state index contributed by atoms with van der Waals surface area (Å²) in [6, 6.07) is 4.37. The summed E-state index contributed by atoms with van der Waals surface area (Å²) in [6.07, 6.45) is 1.55. The van der Waals surface area contributed by atoms with Gasteiger partial charge in [0.15, 0.2) is 0 Å². The van der Waals surface area contributed by atoms with Crippen LogP contribution in [0.3, 0.4) is 0 Å². The molecule has 4 heterocycles. The summed E-state index contributed by atoms with van der Waals surface area (Å²) in [5.74, 6) is 0.121. The summed E-state index contributed by atoms with van der Waals surface area (Å²) in [6.45, 7) is 8.07. The first-order chi connectivity index (χ1) is 13.4. The second kappa shape index (κ2) is 7.83. The molecule has 0 aromatic carbocycles. The van der Waals surface area contributed by atoms with E-state index >= 15 is 0 Å². The van der Waals surface area contributed by atoms with Crippen molar-refractivity contribution < 1.29 is 13.2 Å². The van der Waals surface area contributed by atoms with Crippen LogP contribution in [0.25, 0.3) is 0 Å². The largest absolute Gasteiger partial charge is 0.365 e. The molecule has 1 N–H and O–H groups in total. The number of rotatable bonds is 7. The van der Waals surface area contributed by atoms with Crippen molar-refractivity contribution in [1.29, 1.82) is 0 Å². The van der Waals surface area contributed by atoms with Crippen molar-refractivity contribution >= 4 is 21.4 Å². The van der Waals surface area contributed by atoms with Gasteiger partial charge in [0.1, 0.15) is 11.3 Å². The third-order valence-electron chi connectivity index (χ3n) is 5.37. The number of hydrogen-bond donors (Lipinski definition) is 1. The van der Waals surface area contributed by atoms with Gasteiger partial charge < -0.3 is 4.74 Å². The van der Waals surface area contributed by atoms with E-state index in [2.05, 4.69) is 39.0 Å². The fourth-order valence-electron chi connectivity index (χ4n) is 3.95. The number of nitrogens with one attached hydrogen (secondary N) is 1. The van der Waals surface area contributed by atoms with E-state index in [0.717, 1.165) is 31.7 Å². The number of sulfonamides is 1. The van der Waals surface area contributed by atoms with E-state index in [9.17, 15) is 8.42 Å². The van der Waals surface area contributed by atoms with Crippen LogP contribution in [0.5, 0.6) is 0 Å². The Morgan fingerprint density at radius 2 is 2.21 bits per heavy atom. The van der Waals surface area contributed by atoms with Gasteiger partial charge in [0, 0.05) is 29.4 Å². The molecule has 2 aliphatic rings. The molecule has 1 saturated heterocycles. The number of aromatic nitrogens is 3. The fourth-order valence-corrected chi connectivity index (χ4v) is 5.92. The van der Waals surface area contributed by atoms with E-state index < -0.39 is 10.0 Å². The van der Waals surface area contributed by atoms with E-state index in [1.807, 2.05) is 22.9 Å². The molecule has 154 valence electrons. The number of hydrogen-bond acceptors (Lipinski definition) is 7. The molecule has 10 heteroatoms. The van der Waals surface area contributed by atoms with Gasteiger partial charge in [0.25, 0.3) is 0 Å². The molecule has 0 bridgehead atoms. The van der Waals surface area contributed by atoms with Crippen LogP contribution >= 0.6 is 11.3 Å². The van der Waals surface area contributed by atoms with Gasteiger partial charge >= 0.3 is 0 Å². The van der Waals surface area contributed by atoms with E-state index in [1.54, 1.807) is 0 Å². The Morgan fingerprint density at radius 3 is 2.96 bits per heavy atom. The quantitative estimate of drug-likeness (QED) is 0.726. The van der Waals surface area contributed by atoms with Crippen LogP contribution in [0, 0.1) is 6.92 Å². The molecule has 0 radical (unpaired) electrons. The molecule has 8 nitrogen and oxygen atoms in total. The molecule has 1 unspecified atom stereocenters. The van der Waals surface area contributed by atoms with E-state index in [1.165, 1.54) is 9.75 Å². The summed E-state index contributed by atoms with van der Waals surface area (Å²) in [7, 11) is -3.27. The number of nitrogens with zero attached hydrogens (tertiary/aromatic N) is 4. The normalized spacial score (nSPS) is 22.8. The van der Waals surface area contributed by atoms with Crippen LogP contribution in [0.1, 0.15) is 40.9 Å². The summed E-state index contributed by atoms with van der Waals surface area (Å²) in [5, 5.41) is 8.47. The lowest BCUT2D eigenvalue weighted by Gasteiger charge is -2.34. The average Bonchev–Trinajstić information content (AvgIpc) is 3.33. The Bertz CT molecular complexity index is 939. The van der Waals surface area contributed by atoms with Crippen LogP contribution < -0.4 is 4.72 Å². The van der Waals surface area contributed by atoms with Crippen molar-refractivity contribution in [3.63, 3.8) is 0 Å². The number of likely N-dealkylation sites (tertiary alicyclic amines) is 1. The maximum absolute atomic E-state index is 11.9. The van der Waals surface area contributed by atoms with Gasteiger partial charge in [-0.25, -0.2) is 17.8 Å².